The monoisotopic (exact) mass is 346 g/mol. The summed E-state index contributed by atoms with van der Waals surface area (Å²) in [4.78, 5) is 2.49. The summed E-state index contributed by atoms with van der Waals surface area (Å²) >= 11 is -2.47. The third-order valence-electron chi connectivity index (χ3n) is 4.16. The summed E-state index contributed by atoms with van der Waals surface area (Å²) in [6, 6.07) is 32.5. The van der Waals surface area contributed by atoms with E-state index in [9.17, 15) is 0 Å². The number of hydrogen-bond acceptors (Lipinski definition) is 0. The van der Waals surface area contributed by atoms with E-state index in [-0.39, 0.29) is 0 Å². The molecule has 1 heteroatoms. The second-order valence-electron chi connectivity index (χ2n) is 5.68. The first kappa shape index (κ1) is 14.9. The summed E-state index contributed by atoms with van der Waals surface area (Å²) in [5.74, 6) is 2.46. The van der Waals surface area contributed by atoms with E-state index in [1.807, 2.05) is 0 Å². The van der Waals surface area contributed by atoms with Crippen LogP contribution in [0, 0.1) is 0 Å². The zero-order valence-corrected chi connectivity index (χ0v) is 14.9. The summed E-state index contributed by atoms with van der Waals surface area (Å²) < 4.78 is 2.97. The van der Waals surface area contributed by atoms with Gasteiger partial charge in [0, 0.05) is 0 Å². The molecule has 108 valence electrons. The summed E-state index contributed by atoms with van der Waals surface area (Å²) in [5.41, 5.74) is 1.27. The van der Waals surface area contributed by atoms with Crippen LogP contribution in [0.4, 0.5) is 0 Å². The fraction of sp³-hybridized carbons (Fsp3) is 0.0476. The molecule has 0 radical (unpaired) electrons. The van der Waals surface area contributed by atoms with Crippen molar-refractivity contribution in [2.75, 3.05) is 0 Å². The van der Waals surface area contributed by atoms with Crippen LogP contribution in [0.5, 0.6) is 0 Å². The van der Waals surface area contributed by atoms with Gasteiger partial charge in [0.1, 0.15) is 0 Å². The molecule has 0 heterocycles. The van der Waals surface area contributed by atoms with Crippen molar-refractivity contribution >= 4 is 28.1 Å². The fourth-order valence-electron chi connectivity index (χ4n) is 2.75. The van der Waals surface area contributed by atoms with Crippen LogP contribution in [-0.2, 0) is 0 Å². The SMILES string of the molecule is [CH3][Ge](/[CH]=C/c1ccccc1)([c]1ccccc1)[c]1ccccc1. The Hall–Kier alpha value is -2.06. The predicted molar refractivity (Wildman–Crippen MR) is 99.2 cm³/mol. The molecule has 0 bridgehead atoms. The van der Waals surface area contributed by atoms with E-state index in [0.717, 1.165) is 0 Å². The minimum absolute atomic E-state index is 1.27. The van der Waals surface area contributed by atoms with Crippen molar-refractivity contribution in [3.63, 3.8) is 0 Å². The zero-order valence-electron chi connectivity index (χ0n) is 12.8. The van der Waals surface area contributed by atoms with Crippen LogP contribution in [0.1, 0.15) is 5.56 Å². The molecule has 0 saturated heterocycles. The van der Waals surface area contributed by atoms with E-state index in [2.05, 4.69) is 108 Å². The van der Waals surface area contributed by atoms with Crippen LogP contribution < -0.4 is 8.79 Å². The van der Waals surface area contributed by atoms with Crippen molar-refractivity contribution in [1.29, 1.82) is 0 Å². The molecule has 0 aromatic heterocycles. The number of rotatable bonds is 4. The molecular weight excluding hydrogens is 325 g/mol. The van der Waals surface area contributed by atoms with Crippen LogP contribution >= 0.6 is 0 Å². The van der Waals surface area contributed by atoms with Crippen molar-refractivity contribution in [2.45, 2.75) is 5.76 Å². The summed E-state index contributed by atoms with van der Waals surface area (Å²) in [6.07, 6.45) is 2.29. The van der Waals surface area contributed by atoms with E-state index in [1.54, 1.807) is 0 Å². The van der Waals surface area contributed by atoms with E-state index < -0.39 is 13.3 Å². The van der Waals surface area contributed by atoms with Gasteiger partial charge in [-0.05, 0) is 0 Å². The van der Waals surface area contributed by atoms with Gasteiger partial charge in [0.2, 0.25) is 0 Å². The van der Waals surface area contributed by atoms with Crippen molar-refractivity contribution in [3.05, 3.63) is 101 Å². The average molecular weight is 345 g/mol. The Labute approximate surface area is 135 Å². The van der Waals surface area contributed by atoms with Crippen LogP contribution in [-0.4, -0.2) is 13.3 Å². The van der Waals surface area contributed by atoms with Gasteiger partial charge in [0.25, 0.3) is 0 Å². The Morgan fingerprint density at radius 1 is 0.591 bits per heavy atom. The molecule has 3 rings (SSSR count). The van der Waals surface area contributed by atoms with Gasteiger partial charge in [0.05, 0.1) is 0 Å². The quantitative estimate of drug-likeness (QED) is 0.624. The second-order valence-corrected chi connectivity index (χ2v) is 13.8. The van der Waals surface area contributed by atoms with Crippen molar-refractivity contribution < 1.29 is 0 Å². The Balaban J connectivity index is 2.06. The van der Waals surface area contributed by atoms with E-state index in [0.29, 0.717) is 0 Å². The van der Waals surface area contributed by atoms with Crippen LogP contribution in [0.2, 0.25) is 5.76 Å². The van der Waals surface area contributed by atoms with Gasteiger partial charge in [-0.15, -0.1) is 0 Å². The molecule has 0 nitrogen and oxygen atoms in total. The Morgan fingerprint density at radius 2 is 1.00 bits per heavy atom. The molecule has 0 amide bonds. The molecule has 0 spiro atoms. The van der Waals surface area contributed by atoms with Crippen LogP contribution in [0.25, 0.3) is 6.08 Å². The summed E-state index contributed by atoms with van der Waals surface area (Å²) in [6.45, 7) is 0. The Morgan fingerprint density at radius 3 is 1.45 bits per heavy atom. The van der Waals surface area contributed by atoms with Gasteiger partial charge in [-0.1, -0.05) is 0 Å². The second kappa shape index (κ2) is 6.80. The number of benzene rings is 3. The molecular formula is C21H20Ge. The maximum atomic E-state index is 2.49. The average Bonchev–Trinajstić information content (AvgIpc) is 2.62. The van der Waals surface area contributed by atoms with E-state index in [1.165, 1.54) is 14.4 Å². The third kappa shape index (κ3) is 3.23. The third-order valence-corrected chi connectivity index (χ3v) is 12.3. The molecule has 3 aromatic carbocycles. The molecule has 3 aromatic rings. The molecule has 0 unspecified atom stereocenters. The molecule has 0 aliphatic carbocycles. The normalized spacial score (nSPS) is 11.7. The molecule has 22 heavy (non-hydrogen) atoms. The number of hydrogen-bond donors (Lipinski definition) is 0. The Kier molecular flexibility index (Phi) is 4.60. The molecule has 0 N–H and O–H groups in total. The van der Waals surface area contributed by atoms with Crippen LogP contribution in [0.15, 0.2) is 95.9 Å². The van der Waals surface area contributed by atoms with Gasteiger partial charge in [-0.25, -0.2) is 0 Å². The van der Waals surface area contributed by atoms with Crippen molar-refractivity contribution in [3.8, 4) is 0 Å². The molecule has 0 aliphatic heterocycles. The van der Waals surface area contributed by atoms with Gasteiger partial charge in [-0.3, -0.25) is 0 Å². The zero-order chi connectivity index (χ0) is 15.3. The summed E-state index contributed by atoms with van der Waals surface area (Å²) in [5, 5.41) is 0. The maximum absolute atomic E-state index is 2.49. The predicted octanol–water partition coefficient (Wildman–Crippen LogP) is 4.13. The first-order chi connectivity index (χ1) is 10.8. The topological polar surface area (TPSA) is 0 Å². The molecule has 0 aliphatic rings. The molecule has 0 atom stereocenters. The standard InChI is InChI=1S/C21H20Ge/c1-22(20-13-7-3-8-14-20,21-15-9-4-10-16-21)18-17-19-11-5-2-6-12-19/h2-18H,1H3/b18-17+. The van der Waals surface area contributed by atoms with Crippen LogP contribution in [0.3, 0.4) is 0 Å². The van der Waals surface area contributed by atoms with Gasteiger partial charge >= 0.3 is 135 Å². The van der Waals surface area contributed by atoms with Gasteiger partial charge in [0.15, 0.2) is 0 Å². The molecule has 0 saturated carbocycles. The first-order valence-corrected chi connectivity index (χ1v) is 13.1. The first-order valence-electron chi connectivity index (χ1n) is 7.64. The Bertz CT molecular complexity index is 691. The summed E-state index contributed by atoms with van der Waals surface area (Å²) in [7, 11) is 0. The van der Waals surface area contributed by atoms with E-state index in [4.69, 9.17) is 0 Å². The van der Waals surface area contributed by atoms with E-state index >= 15 is 0 Å². The van der Waals surface area contributed by atoms with Gasteiger partial charge in [-0.2, -0.15) is 0 Å². The van der Waals surface area contributed by atoms with Gasteiger partial charge < -0.3 is 0 Å². The van der Waals surface area contributed by atoms with Crippen molar-refractivity contribution in [1.82, 2.24) is 0 Å². The van der Waals surface area contributed by atoms with Crippen molar-refractivity contribution in [2.24, 2.45) is 0 Å². The molecule has 0 fully saturated rings. The fourth-order valence-corrected chi connectivity index (χ4v) is 9.08. The minimum atomic E-state index is -2.47.